The third kappa shape index (κ3) is 4.02. The van der Waals surface area contributed by atoms with E-state index in [0.717, 1.165) is 20.9 Å². The van der Waals surface area contributed by atoms with Gasteiger partial charge in [0, 0.05) is 11.6 Å². The Balaban J connectivity index is 1.37. The van der Waals surface area contributed by atoms with Gasteiger partial charge in [0.2, 0.25) is 0 Å². The molecule has 1 aliphatic rings. The molecule has 4 aromatic heterocycles. The Morgan fingerprint density at radius 3 is 2.81 bits per heavy atom. The summed E-state index contributed by atoms with van der Waals surface area (Å²) in [5.74, 6) is 0. The van der Waals surface area contributed by atoms with Gasteiger partial charge in [-0.2, -0.15) is 5.10 Å². The van der Waals surface area contributed by atoms with Crippen LogP contribution in [0.2, 0.25) is 5.15 Å². The van der Waals surface area contributed by atoms with Crippen LogP contribution in [0.5, 0.6) is 0 Å². The first kappa shape index (κ1) is 23.6. The van der Waals surface area contributed by atoms with Crippen LogP contribution >= 0.6 is 34.3 Å². The van der Waals surface area contributed by atoms with E-state index in [9.17, 15) is 15.3 Å². The highest BCUT2D eigenvalue weighted by Gasteiger charge is 2.47. The standard InChI is InChI=1S/C22H20ClN7O4S2/c1-10-25-12-3-2-11(6-16(12)36-10)30-14(4-5-24-30)21-20(33)18(19(32)15(8-31)34-21)29-7-13(27-28-29)22-26-17(23)9-35-22/h2-7,9,15,18-21,31-33H,8H2,1H3/t15?,18-,19-,20?,21-/m0/s1. The van der Waals surface area contributed by atoms with Crippen LogP contribution in [-0.2, 0) is 4.74 Å². The molecule has 0 radical (unpaired) electrons. The van der Waals surface area contributed by atoms with Crippen molar-refractivity contribution in [1.82, 2.24) is 34.7 Å². The van der Waals surface area contributed by atoms with E-state index in [0.29, 0.717) is 21.5 Å². The van der Waals surface area contributed by atoms with Crippen molar-refractivity contribution in [2.24, 2.45) is 0 Å². The SMILES string of the molecule is Cc1nc2ccc(-n3nccc3[C@@H]3OC(CO)[C@H](O)[C@H](n4cc(-c5nc(Cl)cs5)nn4)C3O)cc2s1. The summed E-state index contributed by atoms with van der Waals surface area (Å²) >= 11 is 8.82. The second-order valence-electron chi connectivity index (χ2n) is 8.36. The smallest absolute Gasteiger partial charge is 0.147 e. The normalized spacial score (nSPS) is 24.5. The molecule has 6 rings (SSSR count). The van der Waals surface area contributed by atoms with Gasteiger partial charge in [-0.15, -0.1) is 27.8 Å². The van der Waals surface area contributed by atoms with E-state index in [1.807, 2.05) is 25.1 Å². The highest BCUT2D eigenvalue weighted by molar-refractivity contribution is 7.18. The maximum Gasteiger partial charge on any atom is 0.147 e. The molecule has 36 heavy (non-hydrogen) atoms. The van der Waals surface area contributed by atoms with Crippen molar-refractivity contribution >= 4 is 44.5 Å². The van der Waals surface area contributed by atoms with E-state index in [-0.39, 0.29) is 0 Å². The van der Waals surface area contributed by atoms with Gasteiger partial charge in [0.1, 0.15) is 46.3 Å². The molecule has 0 aliphatic carbocycles. The van der Waals surface area contributed by atoms with Crippen molar-refractivity contribution in [1.29, 1.82) is 0 Å². The van der Waals surface area contributed by atoms with Crippen molar-refractivity contribution in [2.75, 3.05) is 6.61 Å². The molecular weight excluding hydrogens is 526 g/mol. The third-order valence-corrected chi connectivity index (χ3v) is 8.21. The van der Waals surface area contributed by atoms with Gasteiger partial charge in [0.25, 0.3) is 0 Å². The summed E-state index contributed by atoms with van der Waals surface area (Å²) in [6.45, 7) is 1.50. The van der Waals surface area contributed by atoms with Gasteiger partial charge in [-0.25, -0.2) is 19.3 Å². The number of hydrogen-bond donors (Lipinski definition) is 3. The van der Waals surface area contributed by atoms with Gasteiger partial charge in [-0.1, -0.05) is 16.8 Å². The zero-order valence-electron chi connectivity index (χ0n) is 18.7. The fourth-order valence-corrected chi connectivity index (χ4v) is 6.21. The van der Waals surface area contributed by atoms with Crippen molar-refractivity contribution < 1.29 is 20.1 Å². The Labute approximate surface area is 217 Å². The average molecular weight is 546 g/mol. The molecule has 1 fully saturated rings. The Hall–Kier alpha value is -2.78. The number of fused-ring (bicyclic) bond motifs is 1. The van der Waals surface area contributed by atoms with Crippen molar-refractivity contribution in [3.8, 4) is 16.4 Å². The molecule has 5 atom stereocenters. The van der Waals surface area contributed by atoms with Gasteiger partial charge < -0.3 is 20.1 Å². The molecule has 1 aromatic carbocycles. The number of thiazole rings is 2. The van der Waals surface area contributed by atoms with Crippen LogP contribution in [-0.4, -0.2) is 75.0 Å². The lowest BCUT2D eigenvalue weighted by Crippen LogP contribution is -2.53. The van der Waals surface area contributed by atoms with Crippen LogP contribution in [0.4, 0.5) is 0 Å². The maximum atomic E-state index is 11.4. The van der Waals surface area contributed by atoms with Gasteiger partial charge in [-0.3, -0.25) is 0 Å². The minimum Gasteiger partial charge on any atom is -0.394 e. The number of nitrogens with zero attached hydrogens (tertiary/aromatic N) is 7. The summed E-state index contributed by atoms with van der Waals surface area (Å²) < 4.78 is 10.1. The van der Waals surface area contributed by atoms with E-state index in [2.05, 4.69) is 25.4 Å². The number of halogens is 1. The molecule has 0 amide bonds. The minimum atomic E-state index is -1.25. The predicted octanol–water partition coefficient (Wildman–Crippen LogP) is 2.55. The molecule has 2 unspecified atom stereocenters. The number of aromatic nitrogens is 7. The Morgan fingerprint density at radius 1 is 1.17 bits per heavy atom. The number of aryl methyl sites for hydroxylation is 1. The fraction of sp³-hybridized carbons (Fsp3) is 0.318. The summed E-state index contributed by atoms with van der Waals surface area (Å²) in [4.78, 5) is 8.70. The topological polar surface area (TPSA) is 144 Å². The predicted molar refractivity (Wildman–Crippen MR) is 133 cm³/mol. The molecule has 0 spiro atoms. The van der Waals surface area contributed by atoms with Crippen molar-refractivity contribution in [2.45, 2.75) is 37.4 Å². The molecule has 1 aliphatic heterocycles. The molecule has 0 bridgehead atoms. The highest BCUT2D eigenvalue weighted by atomic mass is 35.5. The second-order valence-corrected chi connectivity index (χ2v) is 10.8. The second kappa shape index (κ2) is 9.27. The van der Waals surface area contributed by atoms with Crippen molar-refractivity contribution in [3.05, 3.63) is 57.9 Å². The van der Waals surface area contributed by atoms with Crippen LogP contribution in [0.3, 0.4) is 0 Å². The largest absolute Gasteiger partial charge is 0.394 e. The summed E-state index contributed by atoms with van der Waals surface area (Å²) in [5.41, 5.74) is 2.68. The zero-order chi connectivity index (χ0) is 25.0. The molecular formula is C22H20ClN7O4S2. The van der Waals surface area contributed by atoms with E-state index in [4.69, 9.17) is 16.3 Å². The van der Waals surface area contributed by atoms with Gasteiger partial charge in [-0.05, 0) is 31.2 Å². The summed E-state index contributed by atoms with van der Waals surface area (Å²) in [7, 11) is 0. The van der Waals surface area contributed by atoms with E-state index < -0.39 is 37.1 Å². The van der Waals surface area contributed by atoms with Crippen LogP contribution in [0.25, 0.3) is 26.6 Å². The molecule has 5 heterocycles. The number of aliphatic hydroxyl groups excluding tert-OH is 3. The molecule has 3 N–H and O–H groups in total. The molecule has 0 saturated carbocycles. The zero-order valence-corrected chi connectivity index (χ0v) is 21.1. The maximum absolute atomic E-state index is 11.4. The minimum absolute atomic E-state index is 0.344. The first-order valence-corrected chi connectivity index (χ1v) is 13.1. The summed E-state index contributed by atoms with van der Waals surface area (Å²) in [5, 5.41) is 48.6. The first-order valence-electron chi connectivity index (χ1n) is 11.0. The summed E-state index contributed by atoms with van der Waals surface area (Å²) in [6, 6.07) is 6.58. The molecule has 14 heteroatoms. The van der Waals surface area contributed by atoms with Crippen molar-refractivity contribution in [3.63, 3.8) is 0 Å². The Morgan fingerprint density at radius 2 is 2.03 bits per heavy atom. The van der Waals surface area contributed by atoms with Crippen LogP contribution in [0.1, 0.15) is 22.8 Å². The van der Waals surface area contributed by atoms with Gasteiger partial charge >= 0.3 is 0 Å². The molecule has 1 saturated heterocycles. The van der Waals surface area contributed by atoms with E-state index >= 15 is 0 Å². The quantitative estimate of drug-likeness (QED) is 0.303. The van der Waals surface area contributed by atoms with Gasteiger partial charge in [0.15, 0.2) is 0 Å². The lowest BCUT2D eigenvalue weighted by atomic mass is 9.91. The number of aliphatic hydroxyl groups is 3. The van der Waals surface area contributed by atoms with E-state index in [1.165, 1.54) is 16.0 Å². The number of hydrogen-bond acceptors (Lipinski definition) is 11. The molecule has 5 aromatic rings. The highest BCUT2D eigenvalue weighted by Crippen LogP contribution is 2.39. The third-order valence-electron chi connectivity index (χ3n) is 6.09. The number of ether oxygens (including phenoxy) is 1. The Kier molecular flexibility index (Phi) is 6.08. The fourth-order valence-electron chi connectivity index (χ4n) is 4.46. The molecule has 186 valence electrons. The lowest BCUT2D eigenvalue weighted by Gasteiger charge is -2.42. The van der Waals surface area contributed by atoms with Crippen LogP contribution in [0.15, 0.2) is 42.0 Å². The van der Waals surface area contributed by atoms with Crippen LogP contribution < -0.4 is 0 Å². The van der Waals surface area contributed by atoms with Gasteiger partial charge in [0.05, 0.1) is 39.4 Å². The average Bonchev–Trinajstić information content (AvgIpc) is 3.65. The van der Waals surface area contributed by atoms with E-state index in [1.54, 1.807) is 39.9 Å². The summed E-state index contributed by atoms with van der Waals surface area (Å²) in [6.07, 6.45) is -1.17. The lowest BCUT2D eigenvalue weighted by molar-refractivity contribution is -0.209. The first-order chi connectivity index (χ1) is 17.4. The monoisotopic (exact) mass is 545 g/mol. The van der Waals surface area contributed by atoms with Crippen LogP contribution in [0, 0.1) is 6.92 Å². The molecule has 11 nitrogen and oxygen atoms in total. The number of rotatable bonds is 5. The Bertz CT molecular complexity index is 1530. The number of benzene rings is 1.